The predicted molar refractivity (Wildman–Crippen MR) is 112 cm³/mol. The Morgan fingerprint density at radius 2 is 1.93 bits per heavy atom. The molecular formula is C20H31N3O5S. The quantitative estimate of drug-likeness (QED) is 0.616. The number of carbonyl (C=O) groups is 1. The Hall–Kier alpha value is -1.68. The summed E-state index contributed by atoms with van der Waals surface area (Å²) in [5.41, 5.74) is 1.29. The molecule has 2 aliphatic rings. The average Bonchev–Trinajstić information content (AvgIpc) is 3.55. The number of ether oxygens (including phenoxy) is 2. The molecule has 162 valence electrons. The Morgan fingerprint density at radius 1 is 1.24 bits per heavy atom. The molecule has 29 heavy (non-hydrogen) atoms. The van der Waals surface area contributed by atoms with Crippen LogP contribution in [0.5, 0.6) is 0 Å². The summed E-state index contributed by atoms with van der Waals surface area (Å²) in [4.78, 5) is 14.6. The van der Waals surface area contributed by atoms with Crippen LogP contribution in [-0.2, 0) is 24.3 Å². The maximum absolute atomic E-state index is 13.0. The van der Waals surface area contributed by atoms with E-state index < -0.39 is 10.0 Å². The molecule has 0 bridgehead atoms. The van der Waals surface area contributed by atoms with E-state index in [2.05, 4.69) is 10.2 Å². The molecule has 3 rings (SSSR count). The van der Waals surface area contributed by atoms with Crippen molar-refractivity contribution in [3.63, 3.8) is 0 Å². The van der Waals surface area contributed by atoms with Crippen LogP contribution >= 0.6 is 0 Å². The highest BCUT2D eigenvalue weighted by atomic mass is 32.2. The van der Waals surface area contributed by atoms with Crippen LogP contribution in [0.25, 0.3) is 0 Å². The first-order valence-electron chi connectivity index (χ1n) is 10.3. The number of benzene rings is 1. The number of sulfonamides is 1. The molecule has 0 radical (unpaired) electrons. The number of amides is 1. The molecule has 0 atom stereocenters. The maximum Gasteiger partial charge on any atom is 0.250 e. The highest BCUT2D eigenvalue weighted by Crippen LogP contribution is 2.31. The van der Waals surface area contributed by atoms with E-state index in [-0.39, 0.29) is 17.4 Å². The van der Waals surface area contributed by atoms with Crippen LogP contribution in [0.15, 0.2) is 23.1 Å². The van der Waals surface area contributed by atoms with Crippen molar-refractivity contribution in [1.29, 1.82) is 0 Å². The fraction of sp³-hybridized carbons (Fsp3) is 0.650. The van der Waals surface area contributed by atoms with Gasteiger partial charge in [-0.1, -0.05) is 0 Å². The van der Waals surface area contributed by atoms with Crippen molar-refractivity contribution in [3.8, 4) is 0 Å². The molecule has 1 aliphatic carbocycles. The maximum atomic E-state index is 13.0. The Bertz CT molecular complexity index is 800. The molecule has 1 amide bonds. The lowest BCUT2D eigenvalue weighted by Crippen LogP contribution is -2.40. The number of morpholine rings is 1. The van der Waals surface area contributed by atoms with E-state index >= 15 is 0 Å². The predicted octanol–water partition coefficient (Wildman–Crippen LogP) is 1.92. The number of hydrogen-bond donors (Lipinski definition) is 1. The van der Waals surface area contributed by atoms with E-state index in [9.17, 15) is 13.2 Å². The lowest BCUT2D eigenvalue weighted by Gasteiger charge is -2.28. The van der Waals surface area contributed by atoms with Gasteiger partial charge >= 0.3 is 0 Å². The zero-order valence-electron chi connectivity index (χ0n) is 17.2. The number of anilines is 2. The van der Waals surface area contributed by atoms with E-state index in [0.717, 1.165) is 31.6 Å². The van der Waals surface area contributed by atoms with Gasteiger partial charge in [0.1, 0.15) is 6.61 Å². The van der Waals surface area contributed by atoms with Gasteiger partial charge in [0.05, 0.1) is 36.1 Å². The topological polar surface area (TPSA) is 88.2 Å². The Labute approximate surface area is 173 Å². The summed E-state index contributed by atoms with van der Waals surface area (Å²) in [5, 5.41) is 2.86. The SMILES string of the molecule is CCN(CC)c1ccc(S(=O)(=O)N2CCOCC2)cc1NC(=O)COCC1CC1. The van der Waals surface area contributed by atoms with Crippen LogP contribution in [0.3, 0.4) is 0 Å². The molecule has 0 spiro atoms. The molecule has 2 fully saturated rings. The average molecular weight is 426 g/mol. The molecule has 1 saturated heterocycles. The minimum atomic E-state index is -3.64. The second kappa shape index (κ2) is 9.88. The standard InChI is InChI=1S/C20H31N3O5S/c1-3-22(4-2)19-8-7-17(29(25,26)23-9-11-27-12-10-23)13-18(19)21-20(24)15-28-14-16-5-6-16/h7-8,13,16H,3-6,9-12,14-15H2,1-2H3,(H,21,24). The highest BCUT2D eigenvalue weighted by molar-refractivity contribution is 7.89. The fourth-order valence-corrected chi connectivity index (χ4v) is 4.78. The van der Waals surface area contributed by atoms with Gasteiger partial charge < -0.3 is 19.7 Å². The molecule has 1 saturated carbocycles. The first kappa shape index (κ1) is 22.0. The molecule has 1 aromatic rings. The van der Waals surface area contributed by atoms with Crippen molar-refractivity contribution >= 4 is 27.3 Å². The summed E-state index contributed by atoms with van der Waals surface area (Å²) >= 11 is 0. The molecule has 0 unspecified atom stereocenters. The summed E-state index contributed by atoms with van der Waals surface area (Å²) in [6.07, 6.45) is 2.32. The number of nitrogens with zero attached hydrogens (tertiary/aromatic N) is 2. The number of carbonyl (C=O) groups excluding carboxylic acids is 1. The molecule has 1 N–H and O–H groups in total. The third-order valence-electron chi connectivity index (χ3n) is 5.24. The molecule has 9 heteroatoms. The lowest BCUT2D eigenvalue weighted by atomic mass is 10.2. The van der Waals surface area contributed by atoms with Crippen LogP contribution in [0.1, 0.15) is 26.7 Å². The van der Waals surface area contributed by atoms with E-state index in [4.69, 9.17) is 9.47 Å². The zero-order valence-corrected chi connectivity index (χ0v) is 18.0. The summed E-state index contributed by atoms with van der Waals surface area (Å²) in [5.74, 6) is 0.302. The van der Waals surface area contributed by atoms with Crippen LogP contribution in [-0.4, -0.2) is 71.2 Å². The van der Waals surface area contributed by atoms with Crippen molar-refractivity contribution in [2.75, 3.05) is 62.8 Å². The molecule has 1 heterocycles. The van der Waals surface area contributed by atoms with Gasteiger partial charge in [0, 0.05) is 26.2 Å². The minimum Gasteiger partial charge on any atom is -0.379 e. The Morgan fingerprint density at radius 3 is 2.55 bits per heavy atom. The van der Waals surface area contributed by atoms with Gasteiger partial charge in [0.15, 0.2) is 0 Å². The molecular weight excluding hydrogens is 394 g/mol. The summed E-state index contributed by atoms with van der Waals surface area (Å²) in [6.45, 7) is 7.53. The van der Waals surface area contributed by atoms with E-state index in [0.29, 0.717) is 44.5 Å². The molecule has 0 aromatic heterocycles. The fourth-order valence-electron chi connectivity index (χ4n) is 3.34. The molecule has 1 aromatic carbocycles. The van der Waals surface area contributed by atoms with Crippen molar-refractivity contribution in [2.45, 2.75) is 31.6 Å². The van der Waals surface area contributed by atoms with E-state index in [1.807, 2.05) is 13.8 Å². The van der Waals surface area contributed by atoms with E-state index in [1.54, 1.807) is 18.2 Å². The second-order valence-corrected chi connectivity index (χ2v) is 9.31. The van der Waals surface area contributed by atoms with Crippen LogP contribution in [0.4, 0.5) is 11.4 Å². The summed E-state index contributed by atoms with van der Waals surface area (Å²) in [6, 6.07) is 4.93. The lowest BCUT2D eigenvalue weighted by molar-refractivity contribution is -0.120. The van der Waals surface area contributed by atoms with Crippen LogP contribution in [0.2, 0.25) is 0 Å². The summed E-state index contributed by atoms with van der Waals surface area (Å²) < 4.78 is 38.2. The third kappa shape index (κ3) is 5.69. The van der Waals surface area contributed by atoms with Crippen molar-refractivity contribution in [1.82, 2.24) is 4.31 Å². The Balaban J connectivity index is 1.81. The highest BCUT2D eigenvalue weighted by Gasteiger charge is 2.28. The van der Waals surface area contributed by atoms with Gasteiger partial charge in [-0.25, -0.2) is 8.42 Å². The van der Waals surface area contributed by atoms with Crippen molar-refractivity contribution in [3.05, 3.63) is 18.2 Å². The zero-order chi connectivity index (χ0) is 20.9. The van der Waals surface area contributed by atoms with Gasteiger partial charge in [0.25, 0.3) is 0 Å². The second-order valence-electron chi connectivity index (χ2n) is 7.37. The first-order chi connectivity index (χ1) is 14.0. The smallest absolute Gasteiger partial charge is 0.250 e. The first-order valence-corrected chi connectivity index (χ1v) is 11.7. The van der Waals surface area contributed by atoms with Crippen LogP contribution < -0.4 is 10.2 Å². The monoisotopic (exact) mass is 425 g/mol. The number of nitrogens with one attached hydrogen (secondary N) is 1. The normalized spacial score (nSPS) is 17.9. The molecule has 1 aliphatic heterocycles. The van der Waals surface area contributed by atoms with Gasteiger partial charge in [0.2, 0.25) is 15.9 Å². The van der Waals surface area contributed by atoms with Crippen molar-refractivity contribution < 1.29 is 22.7 Å². The third-order valence-corrected chi connectivity index (χ3v) is 7.13. The summed E-state index contributed by atoms with van der Waals surface area (Å²) in [7, 11) is -3.64. The largest absolute Gasteiger partial charge is 0.379 e. The molecule has 8 nitrogen and oxygen atoms in total. The van der Waals surface area contributed by atoms with Gasteiger partial charge in [-0.3, -0.25) is 4.79 Å². The van der Waals surface area contributed by atoms with Crippen LogP contribution in [0, 0.1) is 5.92 Å². The van der Waals surface area contributed by atoms with Gasteiger partial charge in [-0.15, -0.1) is 0 Å². The number of hydrogen-bond acceptors (Lipinski definition) is 6. The van der Waals surface area contributed by atoms with Crippen molar-refractivity contribution in [2.24, 2.45) is 5.92 Å². The number of rotatable bonds is 10. The van der Waals surface area contributed by atoms with Gasteiger partial charge in [-0.05, 0) is 50.8 Å². The Kier molecular flexibility index (Phi) is 7.50. The van der Waals surface area contributed by atoms with Gasteiger partial charge in [-0.2, -0.15) is 4.31 Å². The minimum absolute atomic E-state index is 0.0331. The van der Waals surface area contributed by atoms with E-state index in [1.165, 1.54) is 4.31 Å².